The number of nitrogens with one attached hydrogen (secondary N) is 1. The summed E-state index contributed by atoms with van der Waals surface area (Å²) < 4.78 is 2.19. The smallest absolute Gasteiger partial charge is 0.262 e. The van der Waals surface area contributed by atoms with E-state index in [4.69, 9.17) is 0 Å². The van der Waals surface area contributed by atoms with Crippen molar-refractivity contribution in [1.29, 1.82) is 0 Å². The van der Waals surface area contributed by atoms with Gasteiger partial charge in [-0.2, -0.15) is 9.61 Å². The van der Waals surface area contributed by atoms with Crippen molar-refractivity contribution in [3.63, 3.8) is 0 Å². The van der Waals surface area contributed by atoms with Gasteiger partial charge in [0.05, 0.1) is 9.26 Å². The van der Waals surface area contributed by atoms with Crippen LogP contribution >= 0.6 is 22.6 Å². The Morgan fingerprint density at radius 2 is 1.90 bits per heavy atom. The van der Waals surface area contributed by atoms with Crippen LogP contribution in [0, 0.1) is 17.4 Å². The Labute approximate surface area is 128 Å². The van der Waals surface area contributed by atoms with Gasteiger partial charge in [0.15, 0.2) is 5.65 Å². The Bertz CT molecular complexity index is 863. The number of aromatic nitrogens is 3. The SMILES string of the molecule is Cc1ccc(-c2c(O)n3nc(C)c(I)c3[nH]c2=O)cc1. The first kappa shape index (κ1) is 13.2. The molecule has 0 unspecified atom stereocenters. The number of nitrogens with zero attached hydrogens (tertiary/aromatic N) is 2. The molecule has 0 aliphatic heterocycles. The van der Waals surface area contributed by atoms with E-state index in [-0.39, 0.29) is 17.0 Å². The predicted molar refractivity (Wildman–Crippen MR) is 85.1 cm³/mol. The zero-order valence-corrected chi connectivity index (χ0v) is 13.1. The molecule has 0 spiro atoms. The minimum Gasteiger partial charge on any atom is -0.493 e. The molecule has 2 aromatic heterocycles. The van der Waals surface area contributed by atoms with Crippen LogP contribution in [0.15, 0.2) is 29.1 Å². The van der Waals surface area contributed by atoms with E-state index in [1.807, 2.05) is 38.1 Å². The van der Waals surface area contributed by atoms with Crippen LogP contribution in [0.2, 0.25) is 0 Å². The summed E-state index contributed by atoms with van der Waals surface area (Å²) in [5, 5.41) is 14.6. The zero-order valence-electron chi connectivity index (χ0n) is 10.9. The van der Waals surface area contributed by atoms with Crippen molar-refractivity contribution in [1.82, 2.24) is 14.6 Å². The van der Waals surface area contributed by atoms with Crippen LogP contribution in [0.25, 0.3) is 16.8 Å². The number of fused-ring (bicyclic) bond motifs is 1. The molecule has 0 saturated heterocycles. The first-order chi connectivity index (χ1) is 9.49. The molecule has 0 bridgehead atoms. The molecule has 6 heteroatoms. The molecule has 0 radical (unpaired) electrons. The van der Waals surface area contributed by atoms with Crippen LogP contribution in [0.1, 0.15) is 11.3 Å². The molecule has 0 fully saturated rings. The van der Waals surface area contributed by atoms with Gasteiger partial charge in [0.2, 0.25) is 5.88 Å². The average Bonchev–Trinajstić information content (AvgIpc) is 2.69. The number of hydrogen-bond acceptors (Lipinski definition) is 3. The summed E-state index contributed by atoms with van der Waals surface area (Å²) in [5.41, 5.74) is 2.95. The highest BCUT2D eigenvalue weighted by Gasteiger charge is 2.17. The molecule has 5 nitrogen and oxygen atoms in total. The van der Waals surface area contributed by atoms with Crippen LogP contribution in [0.5, 0.6) is 5.88 Å². The molecule has 3 rings (SSSR count). The highest BCUT2D eigenvalue weighted by molar-refractivity contribution is 14.1. The van der Waals surface area contributed by atoms with E-state index in [1.165, 1.54) is 4.52 Å². The molecular formula is C14H12IN3O2. The Balaban J connectivity index is 2.37. The van der Waals surface area contributed by atoms with Crippen LogP contribution < -0.4 is 5.56 Å². The normalized spacial score (nSPS) is 11.2. The number of aromatic amines is 1. The minimum atomic E-state index is -0.323. The number of benzene rings is 1. The van der Waals surface area contributed by atoms with Crippen molar-refractivity contribution in [3.8, 4) is 17.0 Å². The van der Waals surface area contributed by atoms with Gasteiger partial charge in [-0.1, -0.05) is 29.8 Å². The lowest BCUT2D eigenvalue weighted by molar-refractivity contribution is 0.436. The fourth-order valence-corrected chi connectivity index (χ4v) is 2.60. The van der Waals surface area contributed by atoms with E-state index in [0.29, 0.717) is 11.2 Å². The number of hydrogen-bond donors (Lipinski definition) is 2. The number of aromatic hydroxyl groups is 1. The topological polar surface area (TPSA) is 70.4 Å². The van der Waals surface area contributed by atoms with Crippen LogP contribution in [-0.2, 0) is 0 Å². The van der Waals surface area contributed by atoms with Gasteiger partial charge >= 0.3 is 0 Å². The molecule has 0 aliphatic rings. The van der Waals surface area contributed by atoms with Gasteiger partial charge in [0.25, 0.3) is 5.56 Å². The first-order valence-electron chi connectivity index (χ1n) is 6.06. The molecular weight excluding hydrogens is 369 g/mol. The third-order valence-corrected chi connectivity index (χ3v) is 4.50. The number of rotatable bonds is 1. The van der Waals surface area contributed by atoms with E-state index in [2.05, 4.69) is 32.7 Å². The monoisotopic (exact) mass is 381 g/mol. The lowest BCUT2D eigenvalue weighted by Gasteiger charge is -2.06. The molecule has 0 amide bonds. The fourth-order valence-electron chi connectivity index (χ4n) is 2.13. The average molecular weight is 381 g/mol. The Morgan fingerprint density at radius 1 is 1.25 bits per heavy atom. The van der Waals surface area contributed by atoms with Gasteiger partial charge in [-0.15, -0.1) is 0 Å². The van der Waals surface area contributed by atoms with Crippen molar-refractivity contribution in [2.75, 3.05) is 0 Å². The minimum absolute atomic E-state index is 0.140. The number of halogens is 1. The van der Waals surface area contributed by atoms with E-state index in [9.17, 15) is 9.90 Å². The molecule has 0 aliphatic carbocycles. The largest absolute Gasteiger partial charge is 0.493 e. The van der Waals surface area contributed by atoms with Gasteiger partial charge in [-0.25, -0.2) is 0 Å². The standard InChI is InChI=1S/C14H12IN3O2/c1-7-3-5-9(6-4-7)10-13(19)16-12-11(15)8(2)17-18(12)14(10)20/h3-6,20H,1-2H3,(H,16,19). The molecule has 3 aromatic rings. The maximum Gasteiger partial charge on any atom is 0.262 e. The van der Waals surface area contributed by atoms with Gasteiger partial charge < -0.3 is 10.1 Å². The van der Waals surface area contributed by atoms with E-state index in [1.54, 1.807) is 0 Å². The lowest BCUT2D eigenvalue weighted by Crippen LogP contribution is -2.12. The van der Waals surface area contributed by atoms with Crippen molar-refractivity contribution in [3.05, 3.63) is 49.4 Å². The fraction of sp³-hybridized carbons (Fsp3) is 0.143. The van der Waals surface area contributed by atoms with Crippen molar-refractivity contribution in [2.24, 2.45) is 0 Å². The highest BCUT2D eigenvalue weighted by atomic mass is 127. The molecule has 0 saturated carbocycles. The second-order valence-electron chi connectivity index (χ2n) is 4.68. The van der Waals surface area contributed by atoms with Gasteiger partial charge in [-0.05, 0) is 42.0 Å². The second kappa shape index (κ2) is 4.62. The highest BCUT2D eigenvalue weighted by Crippen LogP contribution is 2.27. The summed E-state index contributed by atoms with van der Waals surface area (Å²) in [6.45, 7) is 3.80. The summed E-state index contributed by atoms with van der Waals surface area (Å²) in [6, 6.07) is 7.42. The lowest BCUT2D eigenvalue weighted by atomic mass is 10.1. The van der Waals surface area contributed by atoms with Crippen LogP contribution in [0.3, 0.4) is 0 Å². The maximum atomic E-state index is 12.2. The Morgan fingerprint density at radius 3 is 2.55 bits per heavy atom. The van der Waals surface area contributed by atoms with Crippen molar-refractivity contribution >= 4 is 28.2 Å². The Kier molecular flexibility index (Phi) is 3.04. The van der Waals surface area contributed by atoms with E-state index < -0.39 is 0 Å². The van der Waals surface area contributed by atoms with Crippen molar-refractivity contribution < 1.29 is 5.11 Å². The summed E-state index contributed by atoms with van der Waals surface area (Å²) in [6.07, 6.45) is 0. The van der Waals surface area contributed by atoms with E-state index in [0.717, 1.165) is 14.8 Å². The first-order valence-corrected chi connectivity index (χ1v) is 7.14. The quantitative estimate of drug-likeness (QED) is 0.637. The third kappa shape index (κ3) is 1.91. The molecule has 20 heavy (non-hydrogen) atoms. The molecule has 2 N–H and O–H groups in total. The third-order valence-electron chi connectivity index (χ3n) is 3.21. The molecule has 102 valence electrons. The molecule has 0 atom stereocenters. The van der Waals surface area contributed by atoms with Crippen molar-refractivity contribution in [2.45, 2.75) is 13.8 Å². The van der Waals surface area contributed by atoms with E-state index >= 15 is 0 Å². The van der Waals surface area contributed by atoms with Crippen LogP contribution in [0.4, 0.5) is 0 Å². The Hall–Kier alpha value is -1.83. The van der Waals surface area contributed by atoms with Gasteiger partial charge in [0, 0.05) is 0 Å². The number of aryl methyl sites for hydroxylation is 2. The van der Waals surface area contributed by atoms with Gasteiger partial charge in [-0.3, -0.25) is 4.79 Å². The second-order valence-corrected chi connectivity index (χ2v) is 5.76. The zero-order chi connectivity index (χ0) is 14.4. The summed E-state index contributed by atoms with van der Waals surface area (Å²) in [4.78, 5) is 15.0. The van der Waals surface area contributed by atoms with Gasteiger partial charge in [0.1, 0.15) is 5.56 Å². The summed E-state index contributed by atoms with van der Waals surface area (Å²) in [5.74, 6) is -0.140. The predicted octanol–water partition coefficient (Wildman–Crippen LogP) is 2.62. The molecule has 2 heterocycles. The number of H-pyrrole nitrogens is 1. The molecule has 1 aromatic carbocycles. The maximum absolute atomic E-state index is 12.2. The van der Waals surface area contributed by atoms with Crippen LogP contribution in [-0.4, -0.2) is 19.7 Å². The summed E-state index contributed by atoms with van der Waals surface area (Å²) >= 11 is 2.10. The summed E-state index contributed by atoms with van der Waals surface area (Å²) in [7, 11) is 0.